The molecule has 0 heterocycles. The molecule has 110 valence electrons. The van der Waals surface area contributed by atoms with Gasteiger partial charge in [-0.05, 0) is 25.0 Å². The molecule has 0 aromatic heterocycles. The van der Waals surface area contributed by atoms with E-state index >= 15 is 0 Å². The van der Waals surface area contributed by atoms with Crippen molar-refractivity contribution in [1.82, 2.24) is 5.32 Å². The number of carbonyl (C=O) groups is 1. The van der Waals surface area contributed by atoms with Crippen LogP contribution in [0, 0.1) is 5.41 Å². The van der Waals surface area contributed by atoms with E-state index < -0.39 is 0 Å². The van der Waals surface area contributed by atoms with Gasteiger partial charge in [-0.3, -0.25) is 4.79 Å². The van der Waals surface area contributed by atoms with Crippen molar-refractivity contribution in [3.8, 4) is 0 Å². The standard InChI is InChI=1S/C15H21ClN2O2/c16-11-5-4-6-12(17)13(11)14(20)18-9-15(10-19)7-2-1-3-8-15/h4-6,19H,1-3,7-10,17H2,(H,18,20). The molecule has 1 aromatic carbocycles. The molecule has 0 saturated heterocycles. The van der Waals surface area contributed by atoms with Crippen LogP contribution in [0.1, 0.15) is 42.5 Å². The van der Waals surface area contributed by atoms with Crippen molar-refractivity contribution in [3.05, 3.63) is 28.8 Å². The zero-order chi connectivity index (χ0) is 14.6. The Morgan fingerprint density at radius 3 is 2.65 bits per heavy atom. The summed E-state index contributed by atoms with van der Waals surface area (Å²) >= 11 is 6.02. The number of carbonyl (C=O) groups excluding carboxylic acids is 1. The van der Waals surface area contributed by atoms with Gasteiger partial charge in [0.2, 0.25) is 0 Å². The molecule has 1 aliphatic rings. The van der Waals surface area contributed by atoms with Crippen LogP contribution in [0.25, 0.3) is 0 Å². The molecule has 5 heteroatoms. The van der Waals surface area contributed by atoms with Gasteiger partial charge in [-0.1, -0.05) is 36.9 Å². The summed E-state index contributed by atoms with van der Waals surface area (Å²) in [5, 5.41) is 12.9. The monoisotopic (exact) mass is 296 g/mol. The average molecular weight is 297 g/mol. The number of aliphatic hydroxyl groups is 1. The fourth-order valence-corrected chi connectivity index (χ4v) is 3.10. The van der Waals surface area contributed by atoms with Gasteiger partial charge in [0.25, 0.3) is 5.91 Å². The minimum atomic E-state index is -0.272. The topological polar surface area (TPSA) is 75.4 Å². The van der Waals surface area contributed by atoms with Gasteiger partial charge in [-0.2, -0.15) is 0 Å². The lowest BCUT2D eigenvalue weighted by Gasteiger charge is -2.35. The Morgan fingerprint density at radius 1 is 1.35 bits per heavy atom. The Bertz CT molecular complexity index is 465. The predicted molar refractivity (Wildman–Crippen MR) is 80.8 cm³/mol. The summed E-state index contributed by atoms with van der Waals surface area (Å²) in [7, 11) is 0. The quantitative estimate of drug-likeness (QED) is 0.748. The van der Waals surface area contributed by atoms with Gasteiger partial charge in [0.05, 0.1) is 17.2 Å². The minimum absolute atomic E-state index is 0.102. The van der Waals surface area contributed by atoms with E-state index in [0.29, 0.717) is 22.8 Å². The van der Waals surface area contributed by atoms with Crippen molar-refractivity contribution in [3.63, 3.8) is 0 Å². The lowest BCUT2D eigenvalue weighted by Crippen LogP contribution is -2.41. The first-order valence-corrected chi connectivity index (χ1v) is 7.39. The van der Waals surface area contributed by atoms with Crippen molar-refractivity contribution in [1.29, 1.82) is 0 Å². The fourth-order valence-electron chi connectivity index (χ4n) is 2.83. The molecule has 0 unspecified atom stereocenters. The Balaban J connectivity index is 2.04. The van der Waals surface area contributed by atoms with E-state index in [1.807, 2.05) is 0 Å². The fraction of sp³-hybridized carbons (Fsp3) is 0.533. The molecule has 1 amide bonds. The summed E-state index contributed by atoms with van der Waals surface area (Å²) < 4.78 is 0. The maximum atomic E-state index is 12.2. The number of anilines is 1. The minimum Gasteiger partial charge on any atom is -0.398 e. The first-order chi connectivity index (χ1) is 9.58. The summed E-state index contributed by atoms with van der Waals surface area (Å²) in [6.45, 7) is 0.568. The van der Waals surface area contributed by atoms with Gasteiger partial charge in [-0.15, -0.1) is 0 Å². The molecule has 0 spiro atoms. The van der Waals surface area contributed by atoms with E-state index in [-0.39, 0.29) is 17.9 Å². The van der Waals surface area contributed by atoms with Crippen LogP contribution in [0.5, 0.6) is 0 Å². The summed E-state index contributed by atoms with van der Waals surface area (Å²) in [5.41, 5.74) is 6.30. The molecule has 4 N–H and O–H groups in total. The van der Waals surface area contributed by atoms with Gasteiger partial charge < -0.3 is 16.2 Å². The van der Waals surface area contributed by atoms with Crippen LogP contribution < -0.4 is 11.1 Å². The Hall–Kier alpha value is -1.26. The SMILES string of the molecule is Nc1cccc(Cl)c1C(=O)NCC1(CO)CCCCC1. The normalized spacial score (nSPS) is 17.7. The van der Waals surface area contributed by atoms with Crippen molar-refractivity contribution in [2.75, 3.05) is 18.9 Å². The molecular formula is C15H21ClN2O2. The molecule has 1 saturated carbocycles. The molecule has 20 heavy (non-hydrogen) atoms. The summed E-state index contributed by atoms with van der Waals surface area (Å²) in [5.74, 6) is -0.272. The van der Waals surface area contributed by atoms with Crippen LogP contribution in [-0.2, 0) is 0 Å². The van der Waals surface area contributed by atoms with Crippen molar-refractivity contribution < 1.29 is 9.90 Å². The molecule has 0 radical (unpaired) electrons. The second kappa shape index (κ2) is 6.46. The molecule has 0 atom stereocenters. The number of benzene rings is 1. The van der Waals surface area contributed by atoms with Gasteiger partial charge in [0.1, 0.15) is 0 Å². The first kappa shape index (κ1) is 15.1. The number of aliphatic hydroxyl groups excluding tert-OH is 1. The number of amides is 1. The van der Waals surface area contributed by atoms with Crippen molar-refractivity contribution in [2.45, 2.75) is 32.1 Å². The summed E-state index contributed by atoms with van der Waals surface area (Å²) in [4.78, 5) is 12.2. The molecular weight excluding hydrogens is 276 g/mol. The number of rotatable bonds is 4. The third-order valence-corrected chi connectivity index (χ3v) is 4.46. The zero-order valence-electron chi connectivity index (χ0n) is 11.5. The predicted octanol–water partition coefficient (Wildman–Crippen LogP) is 2.59. The maximum Gasteiger partial charge on any atom is 0.254 e. The number of halogens is 1. The lowest BCUT2D eigenvalue weighted by atomic mass is 9.74. The highest BCUT2D eigenvalue weighted by atomic mass is 35.5. The third-order valence-electron chi connectivity index (χ3n) is 4.15. The Kier molecular flexibility index (Phi) is 4.89. The van der Waals surface area contributed by atoms with Crippen LogP contribution in [0.3, 0.4) is 0 Å². The highest BCUT2D eigenvalue weighted by molar-refractivity contribution is 6.34. The Morgan fingerprint density at radius 2 is 2.05 bits per heavy atom. The lowest BCUT2D eigenvalue weighted by molar-refractivity contribution is 0.0718. The molecule has 1 fully saturated rings. The molecule has 0 aliphatic heterocycles. The average Bonchev–Trinajstić information content (AvgIpc) is 2.46. The van der Waals surface area contributed by atoms with Gasteiger partial charge in [-0.25, -0.2) is 0 Å². The second-order valence-electron chi connectivity index (χ2n) is 5.61. The number of nitrogen functional groups attached to an aromatic ring is 1. The van der Waals surface area contributed by atoms with Crippen LogP contribution in [0.4, 0.5) is 5.69 Å². The number of nitrogens with two attached hydrogens (primary N) is 1. The van der Waals surface area contributed by atoms with E-state index in [4.69, 9.17) is 17.3 Å². The van der Waals surface area contributed by atoms with Crippen LogP contribution >= 0.6 is 11.6 Å². The van der Waals surface area contributed by atoms with E-state index in [2.05, 4.69) is 5.32 Å². The number of hydrogen-bond acceptors (Lipinski definition) is 3. The highest BCUT2D eigenvalue weighted by Gasteiger charge is 2.32. The second-order valence-corrected chi connectivity index (χ2v) is 6.01. The highest BCUT2D eigenvalue weighted by Crippen LogP contribution is 2.35. The van der Waals surface area contributed by atoms with Crippen LogP contribution in [0.15, 0.2) is 18.2 Å². The maximum absolute atomic E-state index is 12.2. The third kappa shape index (κ3) is 3.25. The summed E-state index contributed by atoms with van der Waals surface area (Å²) in [6.07, 6.45) is 5.30. The van der Waals surface area contributed by atoms with E-state index in [1.54, 1.807) is 18.2 Å². The van der Waals surface area contributed by atoms with Gasteiger partial charge >= 0.3 is 0 Å². The van der Waals surface area contributed by atoms with Crippen molar-refractivity contribution in [2.24, 2.45) is 5.41 Å². The molecule has 1 aliphatic carbocycles. The summed E-state index contributed by atoms with van der Waals surface area (Å²) in [6, 6.07) is 5.02. The zero-order valence-corrected chi connectivity index (χ0v) is 12.2. The number of nitrogens with one attached hydrogen (secondary N) is 1. The molecule has 0 bridgehead atoms. The van der Waals surface area contributed by atoms with E-state index in [9.17, 15) is 9.90 Å². The molecule has 2 rings (SSSR count). The smallest absolute Gasteiger partial charge is 0.254 e. The van der Waals surface area contributed by atoms with E-state index in [0.717, 1.165) is 25.7 Å². The van der Waals surface area contributed by atoms with Crippen LogP contribution in [-0.4, -0.2) is 24.2 Å². The van der Waals surface area contributed by atoms with Gasteiger partial charge in [0.15, 0.2) is 0 Å². The first-order valence-electron chi connectivity index (χ1n) is 7.01. The van der Waals surface area contributed by atoms with Gasteiger partial charge in [0, 0.05) is 17.6 Å². The Labute approximate surface area is 124 Å². The van der Waals surface area contributed by atoms with Crippen LogP contribution in [0.2, 0.25) is 5.02 Å². The van der Waals surface area contributed by atoms with E-state index in [1.165, 1.54) is 6.42 Å². The largest absolute Gasteiger partial charge is 0.398 e. The number of hydrogen-bond donors (Lipinski definition) is 3. The molecule has 4 nitrogen and oxygen atoms in total. The molecule has 1 aromatic rings. The van der Waals surface area contributed by atoms with Crippen molar-refractivity contribution >= 4 is 23.2 Å².